The van der Waals surface area contributed by atoms with Gasteiger partial charge in [0.2, 0.25) is 0 Å². The van der Waals surface area contributed by atoms with Gasteiger partial charge in [0.05, 0.1) is 17.3 Å². The van der Waals surface area contributed by atoms with Crippen LogP contribution in [0.25, 0.3) is 0 Å². The second-order valence-corrected chi connectivity index (χ2v) is 4.96. The summed E-state index contributed by atoms with van der Waals surface area (Å²) in [5.41, 5.74) is 0.991. The Balaban J connectivity index is 2.08. The van der Waals surface area contributed by atoms with E-state index in [1.807, 2.05) is 6.07 Å². The van der Waals surface area contributed by atoms with Crippen molar-refractivity contribution in [2.75, 3.05) is 32.1 Å². The van der Waals surface area contributed by atoms with Crippen LogP contribution in [0.1, 0.15) is 18.4 Å². The molecule has 0 amide bonds. The molecule has 0 N–H and O–H groups in total. The maximum absolute atomic E-state index is 13.9. The molecular formula is C14H18FN3. The van der Waals surface area contributed by atoms with Crippen LogP contribution in [0.4, 0.5) is 10.1 Å². The van der Waals surface area contributed by atoms with Crippen LogP contribution in [0.3, 0.4) is 0 Å². The molecule has 0 aliphatic carbocycles. The number of piperidine rings is 1. The van der Waals surface area contributed by atoms with Crippen molar-refractivity contribution < 1.29 is 4.39 Å². The molecule has 0 atom stereocenters. The van der Waals surface area contributed by atoms with Gasteiger partial charge >= 0.3 is 0 Å². The summed E-state index contributed by atoms with van der Waals surface area (Å²) in [7, 11) is 4.17. The molecule has 0 unspecified atom stereocenters. The van der Waals surface area contributed by atoms with E-state index in [1.54, 1.807) is 12.1 Å². The van der Waals surface area contributed by atoms with Gasteiger partial charge in [0.15, 0.2) is 0 Å². The summed E-state index contributed by atoms with van der Waals surface area (Å²) in [5.74, 6) is -0.294. The maximum atomic E-state index is 13.9. The lowest BCUT2D eigenvalue weighted by Crippen LogP contribution is -2.42. The number of hydrogen-bond acceptors (Lipinski definition) is 3. The zero-order valence-corrected chi connectivity index (χ0v) is 10.9. The summed E-state index contributed by atoms with van der Waals surface area (Å²) >= 11 is 0. The minimum atomic E-state index is -0.294. The monoisotopic (exact) mass is 247 g/mol. The van der Waals surface area contributed by atoms with Crippen LogP contribution in [0.2, 0.25) is 0 Å². The molecule has 1 fully saturated rings. The zero-order valence-electron chi connectivity index (χ0n) is 10.9. The van der Waals surface area contributed by atoms with Gasteiger partial charge in [-0.05, 0) is 45.1 Å². The Morgan fingerprint density at radius 2 is 2.00 bits per heavy atom. The predicted octanol–water partition coefficient (Wildman–Crippen LogP) is 2.23. The zero-order chi connectivity index (χ0) is 13.1. The van der Waals surface area contributed by atoms with Gasteiger partial charge in [-0.2, -0.15) is 5.26 Å². The molecule has 1 saturated heterocycles. The Hall–Kier alpha value is -1.60. The quantitative estimate of drug-likeness (QED) is 0.803. The van der Waals surface area contributed by atoms with Crippen LogP contribution in [0.5, 0.6) is 0 Å². The third-order valence-corrected chi connectivity index (χ3v) is 3.61. The Morgan fingerprint density at radius 1 is 1.33 bits per heavy atom. The first kappa shape index (κ1) is 12.8. The third-order valence-electron chi connectivity index (χ3n) is 3.61. The van der Waals surface area contributed by atoms with E-state index >= 15 is 0 Å². The van der Waals surface area contributed by atoms with Gasteiger partial charge in [0, 0.05) is 19.1 Å². The summed E-state index contributed by atoms with van der Waals surface area (Å²) in [5, 5.41) is 8.72. The van der Waals surface area contributed by atoms with Crippen molar-refractivity contribution in [2.45, 2.75) is 18.9 Å². The van der Waals surface area contributed by atoms with Gasteiger partial charge in [-0.15, -0.1) is 0 Å². The molecule has 4 heteroatoms. The topological polar surface area (TPSA) is 30.3 Å². The molecule has 0 aromatic heterocycles. The Bertz CT molecular complexity index is 457. The van der Waals surface area contributed by atoms with Gasteiger partial charge < -0.3 is 9.80 Å². The highest BCUT2D eigenvalue weighted by atomic mass is 19.1. The smallest absolute Gasteiger partial charge is 0.147 e. The van der Waals surface area contributed by atoms with Gasteiger partial charge in [-0.25, -0.2) is 4.39 Å². The van der Waals surface area contributed by atoms with Crippen LogP contribution in [0.15, 0.2) is 18.2 Å². The van der Waals surface area contributed by atoms with Crippen molar-refractivity contribution >= 4 is 5.69 Å². The standard InChI is InChI=1S/C14H18FN3/c1-17(2)12-5-7-18(8-6-12)14-4-3-11(10-16)9-13(14)15/h3-4,9,12H,5-8H2,1-2H3. The lowest BCUT2D eigenvalue weighted by molar-refractivity contribution is 0.249. The van der Waals surface area contributed by atoms with Crippen molar-refractivity contribution in [2.24, 2.45) is 0 Å². The lowest BCUT2D eigenvalue weighted by Gasteiger charge is -2.36. The minimum absolute atomic E-state index is 0.294. The highest BCUT2D eigenvalue weighted by molar-refractivity contribution is 5.51. The van der Waals surface area contributed by atoms with E-state index in [-0.39, 0.29) is 5.82 Å². The number of nitrogens with zero attached hydrogens (tertiary/aromatic N) is 3. The molecule has 0 radical (unpaired) electrons. The van der Waals surface area contributed by atoms with Gasteiger partial charge in [0.1, 0.15) is 5.82 Å². The normalized spacial score (nSPS) is 16.9. The number of halogens is 1. The first-order valence-electron chi connectivity index (χ1n) is 6.23. The molecule has 2 rings (SSSR count). The van der Waals surface area contributed by atoms with E-state index < -0.39 is 0 Å². The van der Waals surface area contributed by atoms with Gasteiger partial charge in [0.25, 0.3) is 0 Å². The van der Waals surface area contributed by atoms with Gasteiger partial charge in [-0.1, -0.05) is 0 Å². The molecule has 3 nitrogen and oxygen atoms in total. The number of hydrogen-bond donors (Lipinski definition) is 0. The molecule has 96 valence electrons. The van der Waals surface area contributed by atoms with Crippen molar-refractivity contribution in [3.63, 3.8) is 0 Å². The van der Waals surface area contributed by atoms with Crippen LogP contribution in [-0.4, -0.2) is 38.1 Å². The van der Waals surface area contributed by atoms with E-state index in [9.17, 15) is 4.39 Å². The third kappa shape index (κ3) is 2.62. The Morgan fingerprint density at radius 3 is 2.50 bits per heavy atom. The number of nitriles is 1. The van der Waals surface area contributed by atoms with E-state index in [1.165, 1.54) is 6.07 Å². The average Bonchev–Trinajstić information content (AvgIpc) is 2.38. The Kier molecular flexibility index (Phi) is 3.83. The largest absolute Gasteiger partial charge is 0.369 e. The summed E-state index contributed by atoms with van der Waals surface area (Å²) in [4.78, 5) is 4.29. The van der Waals surface area contributed by atoms with Crippen molar-refractivity contribution in [1.29, 1.82) is 5.26 Å². The fraction of sp³-hybridized carbons (Fsp3) is 0.500. The molecule has 1 aliphatic rings. The SMILES string of the molecule is CN(C)C1CCN(c2ccc(C#N)cc2F)CC1. The number of anilines is 1. The van der Waals surface area contributed by atoms with Crippen molar-refractivity contribution in [3.8, 4) is 6.07 Å². The predicted molar refractivity (Wildman–Crippen MR) is 70.0 cm³/mol. The lowest BCUT2D eigenvalue weighted by atomic mass is 10.0. The highest BCUT2D eigenvalue weighted by Gasteiger charge is 2.22. The van der Waals surface area contributed by atoms with Crippen molar-refractivity contribution in [3.05, 3.63) is 29.6 Å². The second kappa shape index (κ2) is 5.36. The summed E-state index contributed by atoms with van der Waals surface area (Å²) < 4.78 is 13.9. The highest BCUT2D eigenvalue weighted by Crippen LogP contribution is 2.25. The molecule has 18 heavy (non-hydrogen) atoms. The number of rotatable bonds is 2. The van der Waals surface area contributed by atoms with Crippen LogP contribution >= 0.6 is 0 Å². The molecule has 0 spiro atoms. The molecule has 1 aliphatic heterocycles. The molecule has 1 aromatic carbocycles. The van der Waals surface area contributed by atoms with Crippen molar-refractivity contribution in [1.82, 2.24) is 4.90 Å². The minimum Gasteiger partial charge on any atom is -0.369 e. The maximum Gasteiger partial charge on any atom is 0.147 e. The molecule has 0 saturated carbocycles. The first-order valence-corrected chi connectivity index (χ1v) is 6.23. The molecule has 1 aromatic rings. The molecule has 1 heterocycles. The van der Waals surface area contributed by atoms with E-state index in [0.717, 1.165) is 25.9 Å². The summed E-state index contributed by atoms with van der Waals surface area (Å²) in [6, 6.07) is 7.24. The first-order chi connectivity index (χ1) is 8.61. The van der Waals surface area contributed by atoms with Crippen LogP contribution in [-0.2, 0) is 0 Å². The second-order valence-electron chi connectivity index (χ2n) is 4.96. The fourth-order valence-corrected chi connectivity index (χ4v) is 2.46. The van der Waals surface area contributed by atoms with Gasteiger partial charge in [-0.3, -0.25) is 0 Å². The Labute approximate surface area is 107 Å². The molecule has 0 bridgehead atoms. The fourth-order valence-electron chi connectivity index (χ4n) is 2.46. The van der Waals surface area contributed by atoms with E-state index in [0.29, 0.717) is 17.3 Å². The van der Waals surface area contributed by atoms with Crippen LogP contribution in [0, 0.1) is 17.1 Å². The average molecular weight is 247 g/mol. The number of benzene rings is 1. The summed E-state index contributed by atoms with van der Waals surface area (Å²) in [6.07, 6.45) is 2.10. The van der Waals surface area contributed by atoms with E-state index in [2.05, 4.69) is 23.9 Å². The van der Waals surface area contributed by atoms with Crippen LogP contribution < -0.4 is 4.90 Å². The van der Waals surface area contributed by atoms with E-state index in [4.69, 9.17) is 5.26 Å². The summed E-state index contributed by atoms with van der Waals surface area (Å²) in [6.45, 7) is 1.73. The molecular weight excluding hydrogens is 229 g/mol.